The highest BCUT2D eigenvalue weighted by Gasteiger charge is 2.66. The first-order valence-electron chi connectivity index (χ1n) is 13.0. The van der Waals surface area contributed by atoms with E-state index in [4.69, 9.17) is 4.74 Å². The van der Waals surface area contributed by atoms with Crippen molar-refractivity contribution in [2.75, 3.05) is 18.1 Å². The maximum atomic E-state index is 14.3. The summed E-state index contributed by atoms with van der Waals surface area (Å²) in [6.07, 6.45) is 1.17. The van der Waals surface area contributed by atoms with E-state index in [-0.39, 0.29) is 42.3 Å². The highest BCUT2D eigenvalue weighted by Crippen LogP contribution is 2.59. The molecule has 2 N–H and O–H groups in total. The van der Waals surface area contributed by atoms with Crippen LogP contribution in [0.25, 0.3) is 0 Å². The number of hydrogen-bond donors (Lipinski definition) is 2. The minimum absolute atomic E-state index is 0.0550. The van der Waals surface area contributed by atoms with E-state index in [0.29, 0.717) is 13.1 Å². The fraction of sp³-hybridized carbons (Fsp3) is 0.500. The van der Waals surface area contributed by atoms with E-state index < -0.39 is 20.0 Å². The second-order valence-electron chi connectivity index (χ2n) is 11.2. The molecule has 1 spiro atoms. The van der Waals surface area contributed by atoms with Crippen molar-refractivity contribution < 1.29 is 24.2 Å². The lowest BCUT2D eigenvalue weighted by molar-refractivity contribution is -0.150. The number of amides is 2. The molecule has 3 aliphatic heterocycles. The van der Waals surface area contributed by atoms with Gasteiger partial charge in [-0.15, -0.1) is 0 Å². The molecule has 5 rings (SSSR count). The first-order chi connectivity index (χ1) is 17.6. The Hall–Kier alpha value is -1.79. The zero-order chi connectivity index (χ0) is 26.5. The summed E-state index contributed by atoms with van der Waals surface area (Å²) in [5, 5.41) is 9.74. The van der Waals surface area contributed by atoms with Gasteiger partial charge in [0.05, 0.1) is 37.4 Å². The molecule has 0 bridgehead atoms. The number of benzene rings is 2. The van der Waals surface area contributed by atoms with Gasteiger partial charge in [-0.25, -0.2) is 0 Å². The van der Waals surface area contributed by atoms with E-state index >= 15 is 0 Å². The second-order valence-corrected chi connectivity index (χ2v) is 16.4. The Kier molecular flexibility index (Phi) is 7.29. The molecule has 0 unspecified atom stereocenters. The zero-order valence-corrected chi connectivity index (χ0v) is 24.7. The van der Waals surface area contributed by atoms with Crippen molar-refractivity contribution in [3.05, 3.63) is 63.2 Å². The van der Waals surface area contributed by atoms with E-state index in [1.165, 1.54) is 0 Å². The molecular formula is C28H35IN2O5Si. The lowest BCUT2D eigenvalue weighted by atomic mass is 9.82. The molecule has 2 amide bonds. The maximum Gasteiger partial charge on any atom is 0.264 e. The van der Waals surface area contributed by atoms with E-state index in [1.807, 2.05) is 62.5 Å². The van der Waals surface area contributed by atoms with Crippen LogP contribution >= 0.6 is 22.6 Å². The lowest BCUT2D eigenvalue weighted by Crippen LogP contribution is -2.46. The molecule has 5 atom stereocenters. The lowest BCUT2D eigenvalue weighted by Gasteiger charge is -2.32. The zero-order valence-electron chi connectivity index (χ0n) is 21.6. The maximum absolute atomic E-state index is 14.3. The third-order valence-electron chi connectivity index (χ3n) is 8.41. The molecule has 2 aromatic rings. The number of likely N-dealkylation sites (tertiary alicyclic amines) is 1. The minimum atomic E-state index is -2.85. The smallest absolute Gasteiger partial charge is 0.264 e. The molecule has 0 aromatic heterocycles. The molecular weight excluding hydrogens is 599 g/mol. The number of carbonyl (C=O) groups excluding carboxylic acids is 2. The van der Waals surface area contributed by atoms with Crippen molar-refractivity contribution in [1.82, 2.24) is 4.90 Å². The molecule has 2 fully saturated rings. The van der Waals surface area contributed by atoms with Crippen LogP contribution in [-0.4, -0.2) is 60.2 Å². The van der Waals surface area contributed by atoms with Gasteiger partial charge >= 0.3 is 0 Å². The van der Waals surface area contributed by atoms with Gasteiger partial charge in [0.2, 0.25) is 5.91 Å². The molecule has 9 heteroatoms. The van der Waals surface area contributed by atoms with Crippen LogP contribution in [-0.2, 0) is 26.5 Å². The van der Waals surface area contributed by atoms with Gasteiger partial charge in [-0.2, -0.15) is 0 Å². The Morgan fingerprint density at radius 1 is 1.22 bits per heavy atom. The van der Waals surface area contributed by atoms with Crippen LogP contribution < -0.4 is 4.90 Å². The first-order valence-corrected chi connectivity index (χ1v) is 17.1. The van der Waals surface area contributed by atoms with Gasteiger partial charge in [0.15, 0.2) is 13.9 Å². The number of halogens is 1. The van der Waals surface area contributed by atoms with Gasteiger partial charge in [-0.1, -0.05) is 37.3 Å². The average Bonchev–Trinajstić information content (AvgIpc) is 3.50. The topological polar surface area (TPSA) is 90.3 Å². The highest BCUT2D eigenvalue weighted by atomic mass is 127. The number of aliphatic hydroxyl groups is 1. The van der Waals surface area contributed by atoms with Crippen LogP contribution in [0.15, 0.2) is 48.5 Å². The van der Waals surface area contributed by atoms with Crippen LogP contribution in [0.3, 0.4) is 0 Å². The number of hydrogen-bond acceptors (Lipinski definition) is 5. The molecule has 7 nitrogen and oxygen atoms in total. The summed E-state index contributed by atoms with van der Waals surface area (Å²) in [4.78, 5) is 42.7. The van der Waals surface area contributed by atoms with Crippen LogP contribution in [0, 0.1) is 9.49 Å². The predicted octanol–water partition coefficient (Wildman–Crippen LogP) is 4.01. The van der Waals surface area contributed by atoms with Crippen molar-refractivity contribution in [2.45, 2.75) is 69.1 Å². The summed E-state index contributed by atoms with van der Waals surface area (Å²) in [5.41, 5.74) is 1.11. The van der Waals surface area contributed by atoms with E-state index in [0.717, 1.165) is 33.2 Å². The standard InChI is InChI=1S/C28H35IN2O5Si/c1-18-26(37(2,3)35)24(15-25(33)30-13-7-10-21(30)17-32)36-28(18)22-11-4-5-12-23(22)31(27(28)34)16-19-8-6-9-20(29)14-19/h4-6,8-9,11-12,14,18,21,24,26,32,35H,7,10,13,15-17H2,1-3H3/t18-,21+,24+,26-,28+/m1/s1. The van der Waals surface area contributed by atoms with E-state index in [2.05, 4.69) is 28.7 Å². The number of anilines is 1. The number of nitrogens with zero attached hydrogens (tertiary/aromatic N) is 2. The summed E-state index contributed by atoms with van der Waals surface area (Å²) < 4.78 is 7.86. The van der Waals surface area contributed by atoms with Gasteiger partial charge in [-0.3, -0.25) is 9.59 Å². The number of aliphatic hydroxyl groups excluding tert-OH is 1. The SMILES string of the molecule is C[C@@H]1[C@@H]([Si](C)(C)O)[C@H](CC(=O)N2CCC[C@H]2CO)O[C@@]12C(=O)N(Cc1cccc(I)c1)c1ccccc12. The average molecular weight is 635 g/mol. The summed E-state index contributed by atoms with van der Waals surface area (Å²) in [7, 11) is -2.85. The highest BCUT2D eigenvalue weighted by molar-refractivity contribution is 14.1. The van der Waals surface area contributed by atoms with E-state index in [9.17, 15) is 19.5 Å². The monoisotopic (exact) mass is 634 g/mol. The number of fused-ring (bicyclic) bond motifs is 2. The third kappa shape index (κ3) is 4.56. The van der Waals surface area contributed by atoms with Gasteiger partial charge in [-0.05, 0) is 72.3 Å². The van der Waals surface area contributed by atoms with Crippen LogP contribution in [0.2, 0.25) is 18.6 Å². The Morgan fingerprint density at radius 3 is 2.68 bits per heavy atom. The molecule has 0 saturated carbocycles. The summed E-state index contributed by atoms with van der Waals surface area (Å²) in [5.74, 6) is -0.519. The molecule has 3 heterocycles. The largest absolute Gasteiger partial charge is 0.432 e. The molecule has 198 valence electrons. The molecule has 2 aromatic carbocycles. The van der Waals surface area contributed by atoms with Gasteiger partial charge in [0.25, 0.3) is 5.91 Å². The van der Waals surface area contributed by atoms with E-state index in [1.54, 1.807) is 9.80 Å². The number of ether oxygens (including phenoxy) is 1. The molecule has 0 aliphatic carbocycles. The summed E-state index contributed by atoms with van der Waals surface area (Å²) >= 11 is 2.27. The first kappa shape index (κ1) is 26.8. The summed E-state index contributed by atoms with van der Waals surface area (Å²) in [6.45, 7) is 6.72. The number of carbonyl (C=O) groups is 2. The number of para-hydroxylation sites is 1. The summed E-state index contributed by atoms with van der Waals surface area (Å²) in [6, 6.07) is 15.7. The molecule has 37 heavy (non-hydrogen) atoms. The van der Waals surface area contributed by atoms with Gasteiger partial charge < -0.3 is 24.4 Å². The van der Waals surface area contributed by atoms with Crippen LogP contribution in [0.5, 0.6) is 0 Å². The molecule has 2 saturated heterocycles. The second kappa shape index (κ2) is 10.1. The molecule has 0 radical (unpaired) electrons. The normalized spacial score (nSPS) is 29.4. The Bertz CT molecular complexity index is 1200. The van der Waals surface area contributed by atoms with Crippen LogP contribution in [0.1, 0.15) is 37.3 Å². The molecule has 3 aliphatic rings. The van der Waals surface area contributed by atoms with Gasteiger partial charge in [0.1, 0.15) is 0 Å². The fourth-order valence-corrected chi connectivity index (χ4v) is 10.0. The van der Waals surface area contributed by atoms with Crippen molar-refractivity contribution in [1.29, 1.82) is 0 Å². The van der Waals surface area contributed by atoms with Crippen molar-refractivity contribution >= 4 is 48.4 Å². The van der Waals surface area contributed by atoms with Crippen LogP contribution in [0.4, 0.5) is 5.69 Å². The van der Waals surface area contributed by atoms with Gasteiger partial charge in [0, 0.05) is 27.1 Å². The van der Waals surface area contributed by atoms with Crippen molar-refractivity contribution in [3.8, 4) is 0 Å². The Labute approximate surface area is 233 Å². The Morgan fingerprint density at radius 2 is 1.97 bits per heavy atom. The number of rotatable bonds is 6. The minimum Gasteiger partial charge on any atom is -0.432 e. The van der Waals surface area contributed by atoms with Crippen molar-refractivity contribution in [3.63, 3.8) is 0 Å². The predicted molar refractivity (Wildman–Crippen MR) is 152 cm³/mol. The third-order valence-corrected chi connectivity index (χ3v) is 11.6. The van der Waals surface area contributed by atoms with Crippen molar-refractivity contribution in [2.24, 2.45) is 5.92 Å². The Balaban J connectivity index is 1.51. The quantitative estimate of drug-likeness (QED) is 0.371. The fourth-order valence-electron chi connectivity index (χ4n) is 6.85.